The molecule has 1 aromatic rings. The Labute approximate surface area is 90.7 Å². The molecule has 5 heteroatoms. The summed E-state index contributed by atoms with van der Waals surface area (Å²) in [6.45, 7) is 0.166. The topological polar surface area (TPSA) is 41.5 Å². The number of carbonyl (C=O) groups excluding carboxylic acids is 1. The molecule has 1 aromatic carbocycles. The van der Waals surface area contributed by atoms with E-state index in [-0.39, 0.29) is 12.5 Å². The molecule has 0 saturated carbocycles. The highest BCUT2D eigenvalue weighted by Crippen LogP contribution is 2.19. The summed E-state index contributed by atoms with van der Waals surface area (Å²) in [5, 5.41) is 3.67. The molecule has 72 valence electrons. The number of nitrogens with one attached hydrogen (secondary N) is 1. The minimum atomic E-state index is -0.115. The van der Waals surface area contributed by atoms with Crippen LogP contribution >= 0.6 is 23.2 Å². The third kappa shape index (κ3) is 1.89. The Morgan fingerprint density at radius 3 is 2.36 bits per heavy atom. The van der Waals surface area contributed by atoms with E-state index in [1.165, 1.54) is 0 Å². The summed E-state index contributed by atoms with van der Waals surface area (Å²) in [5.41, 5.74) is 0.730. The van der Waals surface area contributed by atoms with Crippen LogP contribution < -0.4 is 5.32 Å². The molecule has 0 bridgehead atoms. The van der Waals surface area contributed by atoms with Crippen molar-refractivity contribution in [2.24, 2.45) is 4.99 Å². The van der Waals surface area contributed by atoms with E-state index in [9.17, 15) is 4.79 Å². The molecule has 1 aliphatic heterocycles. The molecule has 0 aromatic heterocycles. The molecule has 0 saturated heterocycles. The first-order valence-electron chi connectivity index (χ1n) is 3.96. The minimum Gasteiger partial charge on any atom is -0.309 e. The van der Waals surface area contributed by atoms with Gasteiger partial charge in [0.15, 0.2) is 0 Å². The monoisotopic (exact) mass is 228 g/mol. The molecular weight excluding hydrogens is 223 g/mol. The average molecular weight is 229 g/mol. The molecule has 0 fully saturated rings. The van der Waals surface area contributed by atoms with Crippen LogP contribution in [-0.4, -0.2) is 18.3 Å². The predicted octanol–water partition coefficient (Wildman–Crippen LogP) is 1.87. The third-order valence-electron chi connectivity index (χ3n) is 1.77. The highest BCUT2D eigenvalue weighted by molar-refractivity contribution is 6.35. The van der Waals surface area contributed by atoms with Gasteiger partial charge in [-0.05, 0) is 18.2 Å². The van der Waals surface area contributed by atoms with Crippen LogP contribution in [0.4, 0.5) is 0 Å². The summed E-state index contributed by atoms with van der Waals surface area (Å²) in [5.74, 6) is 0.412. The van der Waals surface area contributed by atoms with Gasteiger partial charge >= 0.3 is 0 Å². The maximum absolute atomic E-state index is 10.9. The zero-order valence-corrected chi connectivity index (χ0v) is 8.56. The first kappa shape index (κ1) is 9.49. The lowest BCUT2D eigenvalue weighted by Crippen LogP contribution is -2.25. The van der Waals surface area contributed by atoms with E-state index in [1.807, 2.05) is 0 Å². The van der Waals surface area contributed by atoms with Gasteiger partial charge < -0.3 is 5.32 Å². The van der Waals surface area contributed by atoms with Crippen molar-refractivity contribution < 1.29 is 4.79 Å². The molecule has 0 aliphatic carbocycles. The molecule has 14 heavy (non-hydrogen) atoms. The van der Waals surface area contributed by atoms with Gasteiger partial charge in [-0.15, -0.1) is 0 Å². The smallest absolute Gasteiger partial charge is 0.247 e. The van der Waals surface area contributed by atoms with Crippen LogP contribution in [0.15, 0.2) is 23.2 Å². The molecule has 3 nitrogen and oxygen atoms in total. The van der Waals surface area contributed by atoms with Gasteiger partial charge in [0, 0.05) is 15.6 Å². The van der Waals surface area contributed by atoms with Crippen molar-refractivity contribution in [3.63, 3.8) is 0 Å². The summed E-state index contributed by atoms with van der Waals surface area (Å²) in [7, 11) is 0. The maximum atomic E-state index is 10.9. The van der Waals surface area contributed by atoms with E-state index in [4.69, 9.17) is 23.2 Å². The van der Waals surface area contributed by atoms with E-state index in [1.54, 1.807) is 18.2 Å². The van der Waals surface area contributed by atoms with Crippen LogP contribution in [0, 0.1) is 0 Å². The molecule has 1 heterocycles. The van der Waals surface area contributed by atoms with Gasteiger partial charge in [-0.2, -0.15) is 0 Å². The summed E-state index contributed by atoms with van der Waals surface area (Å²) < 4.78 is 0. The fourth-order valence-corrected chi connectivity index (χ4v) is 1.74. The number of amidine groups is 1. The molecule has 0 radical (unpaired) electrons. The second-order valence-corrected chi connectivity index (χ2v) is 3.74. The number of benzene rings is 1. The van der Waals surface area contributed by atoms with Gasteiger partial charge in [-0.3, -0.25) is 9.79 Å². The number of amides is 1. The van der Waals surface area contributed by atoms with Crippen LogP contribution in [0.1, 0.15) is 5.56 Å². The van der Waals surface area contributed by atoms with Gasteiger partial charge in [-0.25, -0.2) is 0 Å². The Morgan fingerprint density at radius 1 is 1.21 bits per heavy atom. The number of hydrogen-bond donors (Lipinski definition) is 1. The molecule has 0 spiro atoms. The second kappa shape index (κ2) is 3.59. The lowest BCUT2D eigenvalue weighted by molar-refractivity contribution is -0.117. The van der Waals surface area contributed by atoms with Gasteiger partial charge in [0.05, 0.1) is 0 Å². The van der Waals surface area contributed by atoms with Crippen LogP contribution in [0.2, 0.25) is 10.0 Å². The van der Waals surface area contributed by atoms with Gasteiger partial charge in [0.25, 0.3) is 0 Å². The summed E-state index contributed by atoms with van der Waals surface area (Å²) in [4.78, 5) is 14.9. The first-order valence-corrected chi connectivity index (χ1v) is 4.71. The van der Waals surface area contributed by atoms with E-state index in [0.29, 0.717) is 15.9 Å². The predicted molar refractivity (Wildman–Crippen MR) is 56.0 cm³/mol. The Balaban J connectivity index is 2.37. The normalized spacial score (nSPS) is 15.3. The fraction of sp³-hybridized carbons (Fsp3) is 0.111. The van der Waals surface area contributed by atoms with Crippen molar-refractivity contribution in [1.29, 1.82) is 0 Å². The SMILES string of the molecule is O=C1CN=C(c2cc(Cl)cc(Cl)c2)N1. The molecule has 1 N–H and O–H groups in total. The molecule has 0 atom stereocenters. The number of hydrogen-bond acceptors (Lipinski definition) is 2. The summed E-state index contributed by atoms with van der Waals surface area (Å²) in [6, 6.07) is 5.04. The lowest BCUT2D eigenvalue weighted by atomic mass is 10.2. The third-order valence-corrected chi connectivity index (χ3v) is 2.21. The Bertz CT molecular complexity index is 409. The first-order chi connectivity index (χ1) is 6.65. The highest BCUT2D eigenvalue weighted by Gasteiger charge is 2.15. The summed E-state index contributed by atoms with van der Waals surface area (Å²) >= 11 is 11.6. The van der Waals surface area contributed by atoms with E-state index in [2.05, 4.69) is 10.3 Å². The Morgan fingerprint density at radius 2 is 1.86 bits per heavy atom. The number of halogens is 2. The van der Waals surface area contributed by atoms with E-state index >= 15 is 0 Å². The molecule has 0 unspecified atom stereocenters. The Hall–Kier alpha value is -1.06. The van der Waals surface area contributed by atoms with Crippen molar-refractivity contribution >= 4 is 34.9 Å². The van der Waals surface area contributed by atoms with Crippen molar-refractivity contribution in [2.45, 2.75) is 0 Å². The van der Waals surface area contributed by atoms with Gasteiger partial charge in [0.2, 0.25) is 5.91 Å². The van der Waals surface area contributed by atoms with Crippen LogP contribution in [0.25, 0.3) is 0 Å². The minimum absolute atomic E-state index is 0.115. The Kier molecular flexibility index (Phi) is 2.44. The zero-order valence-electron chi connectivity index (χ0n) is 7.05. The fourth-order valence-electron chi connectivity index (χ4n) is 1.22. The average Bonchev–Trinajstić information content (AvgIpc) is 2.50. The standard InChI is InChI=1S/C9H6Cl2N2O/c10-6-1-5(2-7(11)3-6)9-12-4-8(14)13-9/h1-3H,4H2,(H,12,13,14). The van der Waals surface area contributed by atoms with Crippen molar-refractivity contribution in [2.75, 3.05) is 6.54 Å². The van der Waals surface area contributed by atoms with Crippen molar-refractivity contribution in [3.8, 4) is 0 Å². The zero-order chi connectivity index (χ0) is 10.1. The lowest BCUT2D eigenvalue weighted by Gasteiger charge is -2.02. The molecule has 1 amide bonds. The van der Waals surface area contributed by atoms with Crippen LogP contribution in [-0.2, 0) is 4.79 Å². The second-order valence-electron chi connectivity index (χ2n) is 2.87. The number of nitrogens with zero attached hydrogens (tertiary/aromatic N) is 1. The largest absolute Gasteiger partial charge is 0.309 e. The van der Waals surface area contributed by atoms with Gasteiger partial charge in [-0.1, -0.05) is 23.2 Å². The molecular formula is C9H6Cl2N2O. The van der Waals surface area contributed by atoms with Crippen LogP contribution in [0.5, 0.6) is 0 Å². The van der Waals surface area contributed by atoms with Crippen LogP contribution in [0.3, 0.4) is 0 Å². The number of rotatable bonds is 1. The maximum Gasteiger partial charge on any atom is 0.247 e. The molecule has 2 rings (SSSR count). The molecule has 1 aliphatic rings. The number of carbonyl (C=O) groups is 1. The summed E-state index contributed by atoms with van der Waals surface area (Å²) in [6.07, 6.45) is 0. The van der Waals surface area contributed by atoms with E-state index in [0.717, 1.165) is 5.56 Å². The van der Waals surface area contributed by atoms with Crippen molar-refractivity contribution in [3.05, 3.63) is 33.8 Å². The van der Waals surface area contributed by atoms with E-state index < -0.39 is 0 Å². The highest BCUT2D eigenvalue weighted by atomic mass is 35.5. The van der Waals surface area contributed by atoms with Crippen molar-refractivity contribution in [1.82, 2.24) is 5.32 Å². The quantitative estimate of drug-likeness (QED) is 0.784. The van der Waals surface area contributed by atoms with Gasteiger partial charge in [0.1, 0.15) is 12.4 Å². The number of aliphatic imine (C=N–C) groups is 1.